The van der Waals surface area contributed by atoms with Crippen molar-refractivity contribution in [3.05, 3.63) is 29.6 Å². The minimum absolute atomic E-state index is 0.404. The van der Waals surface area contributed by atoms with Crippen molar-refractivity contribution >= 4 is 28.6 Å². The van der Waals surface area contributed by atoms with Crippen molar-refractivity contribution in [1.82, 2.24) is 30.0 Å². The second-order valence-electron chi connectivity index (χ2n) is 8.56. The van der Waals surface area contributed by atoms with Crippen molar-refractivity contribution in [3.8, 4) is 0 Å². The Morgan fingerprint density at radius 3 is 2.82 bits per heavy atom. The van der Waals surface area contributed by atoms with Gasteiger partial charge in [-0.2, -0.15) is 10.1 Å². The monoisotopic (exact) mass is 452 g/mol. The zero-order chi connectivity index (χ0) is 22.8. The number of rotatable bonds is 10. The van der Waals surface area contributed by atoms with Crippen molar-refractivity contribution in [3.63, 3.8) is 0 Å². The largest absolute Gasteiger partial charge is 0.380 e. The van der Waals surface area contributed by atoms with Crippen molar-refractivity contribution in [2.75, 3.05) is 43.1 Å². The highest BCUT2D eigenvalue weighted by atomic mass is 16.5. The first-order chi connectivity index (χ1) is 16.2. The van der Waals surface area contributed by atoms with Crippen LogP contribution in [0, 0.1) is 6.92 Å². The fourth-order valence-corrected chi connectivity index (χ4v) is 4.63. The summed E-state index contributed by atoms with van der Waals surface area (Å²) in [5, 5.41) is 11.9. The predicted molar refractivity (Wildman–Crippen MR) is 127 cm³/mol. The zero-order valence-corrected chi connectivity index (χ0v) is 19.5. The van der Waals surface area contributed by atoms with E-state index in [2.05, 4.69) is 20.5 Å². The molecule has 2 aliphatic rings. The van der Waals surface area contributed by atoms with Crippen LogP contribution in [0.15, 0.2) is 18.3 Å². The first kappa shape index (κ1) is 22.0. The summed E-state index contributed by atoms with van der Waals surface area (Å²) in [6.45, 7) is 10.8. The van der Waals surface area contributed by atoms with Crippen LogP contribution in [0.3, 0.4) is 0 Å². The van der Waals surface area contributed by atoms with E-state index in [1.165, 1.54) is 0 Å². The van der Waals surface area contributed by atoms with Gasteiger partial charge in [0.1, 0.15) is 22.5 Å². The smallest absolute Gasteiger partial charge is 0.228 e. The van der Waals surface area contributed by atoms with E-state index in [9.17, 15) is 0 Å². The molecular formula is C23H32N8O2. The highest BCUT2D eigenvalue weighted by Gasteiger charge is 2.39. The fraction of sp³-hybridized carbons (Fsp3) is 0.565. The molecule has 2 atom stereocenters. The Labute approximate surface area is 193 Å². The van der Waals surface area contributed by atoms with Crippen molar-refractivity contribution in [2.24, 2.45) is 0 Å². The summed E-state index contributed by atoms with van der Waals surface area (Å²) < 4.78 is 13.3. The summed E-state index contributed by atoms with van der Waals surface area (Å²) in [5.41, 5.74) is 3.60. The van der Waals surface area contributed by atoms with Crippen LogP contribution in [0.2, 0.25) is 0 Å². The maximum absolute atomic E-state index is 5.73. The zero-order valence-electron chi connectivity index (χ0n) is 19.5. The normalized spacial score (nSPS) is 19.7. The molecule has 10 heteroatoms. The molecule has 0 unspecified atom stereocenters. The van der Waals surface area contributed by atoms with Gasteiger partial charge in [-0.15, -0.1) is 0 Å². The molecule has 0 aromatic carbocycles. The second-order valence-corrected chi connectivity index (χ2v) is 8.56. The van der Waals surface area contributed by atoms with Gasteiger partial charge in [0.15, 0.2) is 5.82 Å². The summed E-state index contributed by atoms with van der Waals surface area (Å²) in [5.74, 6) is 2.18. The number of pyridine rings is 1. The molecule has 0 saturated carbocycles. The molecule has 0 aliphatic carbocycles. The maximum Gasteiger partial charge on any atom is 0.228 e. The molecule has 5 rings (SSSR count). The third kappa shape index (κ3) is 4.50. The lowest BCUT2D eigenvalue weighted by atomic mass is 10.2. The molecule has 0 amide bonds. The van der Waals surface area contributed by atoms with E-state index in [4.69, 9.17) is 24.5 Å². The van der Waals surface area contributed by atoms with Gasteiger partial charge in [-0.1, -0.05) is 0 Å². The van der Waals surface area contributed by atoms with Gasteiger partial charge in [0.25, 0.3) is 0 Å². The molecule has 0 spiro atoms. The van der Waals surface area contributed by atoms with Crippen molar-refractivity contribution in [2.45, 2.75) is 52.4 Å². The van der Waals surface area contributed by atoms with Gasteiger partial charge in [0.05, 0.1) is 19.8 Å². The van der Waals surface area contributed by atoms with E-state index in [1.54, 1.807) is 6.20 Å². The van der Waals surface area contributed by atoms with Crippen LogP contribution in [-0.4, -0.2) is 69.7 Å². The molecule has 5 heterocycles. The number of anilines is 3. The summed E-state index contributed by atoms with van der Waals surface area (Å²) in [7, 11) is 0. The first-order valence-corrected chi connectivity index (χ1v) is 11.8. The lowest BCUT2D eigenvalue weighted by molar-refractivity contribution is 0.128. The van der Waals surface area contributed by atoms with Crippen LogP contribution >= 0.6 is 0 Å². The summed E-state index contributed by atoms with van der Waals surface area (Å²) in [6.07, 6.45) is 2.93. The summed E-state index contributed by atoms with van der Waals surface area (Å²) in [4.78, 5) is 16.8. The van der Waals surface area contributed by atoms with Gasteiger partial charge in [0, 0.05) is 44.6 Å². The molecule has 176 valence electrons. The lowest BCUT2D eigenvalue weighted by Gasteiger charge is -2.27. The maximum atomic E-state index is 5.73. The third-order valence-electron chi connectivity index (χ3n) is 6.21. The lowest BCUT2D eigenvalue weighted by Crippen LogP contribution is -2.44. The SMILES string of the molecule is CCOCCn1nc(COCC)c2nc(N3C[C@H]4C[C@@H]3CN4)nc(Nc3cc(C)ccn3)c21. The van der Waals surface area contributed by atoms with Crippen LogP contribution < -0.4 is 15.5 Å². The third-order valence-corrected chi connectivity index (χ3v) is 6.21. The topological polar surface area (TPSA) is 102 Å². The minimum Gasteiger partial charge on any atom is -0.380 e. The Bertz CT molecular complexity index is 1120. The standard InChI is InChI=1S/C23H32N8O2/c1-4-32-9-8-31-21-20(18(29-31)14-33-5-2)27-23(30-13-16-11-17(30)12-25-16)28-22(21)26-19-10-15(3)6-7-24-19/h6-7,10,16-17,25H,4-5,8-9,11-14H2,1-3H3,(H,24,26,27,28)/t16-,17-/m1/s1. The number of aromatic nitrogens is 5. The van der Waals surface area contributed by atoms with E-state index < -0.39 is 0 Å². The van der Waals surface area contributed by atoms with Crippen LogP contribution in [0.1, 0.15) is 31.5 Å². The summed E-state index contributed by atoms with van der Waals surface area (Å²) >= 11 is 0. The molecule has 10 nitrogen and oxygen atoms in total. The van der Waals surface area contributed by atoms with E-state index in [-0.39, 0.29) is 0 Å². The van der Waals surface area contributed by atoms with Crippen LogP contribution in [0.25, 0.3) is 11.0 Å². The molecule has 3 aromatic heterocycles. The Balaban J connectivity index is 1.61. The molecule has 33 heavy (non-hydrogen) atoms. The van der Waals surface area contributed by atoms with Crippen molar-refractivity contribution < 1.29 is 9.47 Å². The number of aryl methyl sites for hydroxylation is 1. The number of piperazine rings is 1. The van der Waals surface area contributed by atoms with Gasteiger partial charge in [0.2, 0.25) is 5.95 Å². The number of nitrogens with one attached hydrogen (secondary N) is 2. The molecule has 2 aliphatic heterocycles. The fourth-order valence-electron chi connectivity index (χ4n) is 4.63. The number of ether oxygens (including phenoxy) is 2. The van der Waals surface area contributed by atoms with Crippen molar-refractivity contribution in [1.29, 1.82) is 0 Å². The Hall–Kier alpha value is -2.82. The van der Waals surface area contributed by atoms with Gasteiger partial charge in [-0.3, -0.25) is 4.68 Å². The molecule has 2 bridgehead atoms. The van der Waals surface area contributed by atoms with Gasteiger partial charge in [-0.25, -0.2) is 9.97 Å². The number of hydrogen-bond acceptors (Lipinski definition) is 9. The first-order valence-electron chi connectivity index (χ1n) is 11.8. The minimum atomic E-state index is 0.404. The van der Waals surface area contributed by atoms with E-state index >= 15 is 0 Å². The number of hydrogen-bond donors (Lipinski definition) is 2. The highest BCUT2D eigenvalue weighted by molar-refractivity contribution is 5.90. The number of fused-ring (bicyclic) bond motifs is 3. The Morgan fingerprint density at radius 1 is 1.21 bits per heavy atom. The van der Waals surface area contributed by atoms with E-state index in [1.807, 2.05) is 37.6 Å². The highest BCUT2D eigenvalue weighted by Crippen LogP contribution is 2.33. The molecule has 0 radical (unpaired) electrons. The van der Waals surface area contributed by atoms with Crippen LogP contribution in [0.5, 0.6) is 0 Å². The van der Waals surface area contributed by atoms with Gasteiger partial charge in [-0.05, 0) is 44.9 Å². The average molecular weight is 453 g/mol. The average Bonchev–Trinajstić information content (AvgIpc) is 3.53. The molecule has 2 fully saturated rings. The van der Waals surface area contributed by atoms with Crippen LogP contribution in [-0.2, 0) is 22.6 Å². The van der Waals surface area contributed by atoms with Gasteiger partial charge < -0.3 is 25.0 Å². The molecule has 3 aromatic rings. The molecule has 2 N–H and O–H groups in total. The van der Waals surface area contributed by atoms with E-state index in [0.29, 0.717) is 50.9 Å². The Kier molecular flexibility index (Phi) is 6.39. The quantitative estimate of drug-likeness (QED) is 0.449. The second kappa shape index (κ2) is 9.58. The Morgan fingerprint density at radius 2 is 2.09 bits per heavy atom. The predicted octanol–water partition coefficient (Wildman–Crippen LogP) is 2.40. The van der Waals surface area contributed by atoms with Gasteiger partial charge >= 0.3 is 0 Å². The summed E-state index contributed by atoms with van der Waals surface area (Å²) in [6, 6.07) is 4.91. The number of nitrogens with zero attached hydrogens (tertiary/aromatic N) is 6. The van der Waals surface area contributed by atoms with E-state index in [0.717, 1.165) is 53.6 Å². The molecule has 2 saturated heterocycles. The van der Waals surface area contributed by atoms with Crippen LogP contribution in [0.4, 0.5) is 17.6 Å². The molecular weight excluding hydrogens is 420 g/mol.